The van der Waals surface area contributed by atoms with E-state index >= 15 is 0 Å². The number of nitrogens with one attached hydrogen (secondary N) is 1. The van der Waals surface area contributed by atoms with Crippen LogP contribution in [0.25, 0.3) is 11.3 Å². The summed E-state index contributed by atoms with van der Waals surface area (Å²) in [5.41, 5.74) is 2.41. The molecule has 0 bridgehead atoms. The van der Waals surface area contributed by atoms with Crippen molar-refractivity contribution in [2.45, 2.75) is 12.0 Å². The Hall–Kier alpha value is -3.62. The van der Waals surface area contributed by atoms with E-state index in [0.717, 1.165) is 5.56 Å². The quantitative estimate of drug-likeness (QED) is 0.759. The van der Waals surface area contributed by atoms with Crippen molar-refractivity contribution < 1.29 is 12.8 Å². The predicted molar refractivity (Wildman–Crippen MR) is 93.4 cm³/mol. The highest BCUT2D eigenvalue weighted by Gasteiger charge is 2.18. The van der Waals surface area contributed by atoms with Crippen molar-refractivity contribution in [3.8, 4) is 23.4 Å². The third kappa shape index (κ3) is 3.41. The van der Waals surface area contributed by atoms with Gasteiger partial charge in [0.1, 0.15) is 12.1 Å². The Morgan fingerprint density at radius 3 is 2.58 bits per heavy atom. The molecule has 2 aromatic heterocycles. The standard InChI is InChI=1S/C18H12N4O3S/c1-12-7-14(16-5-4-13(10-19)17(11-20)21-16)9-15(8-12)22-26(23,24)18-3-2-6-25-18/h2-9,22H,1H3. The van der Waals surface area contributed by atoms with E-state index in [4.69, 9.17) is 14.9 Å². The number of aryl methyl sites for hydroxylation is 1. The van der Waals surface area contributed by atoms with E-state index in [0.29, 0.717) is 16.9 Å². The topological polar surface area (TPSA) is 120 Å². The van der Waals surface area contributed by atoms with E-state index in [2.05, 4.69) is 9.71 Å². The Morgan fingerprint density at radius 2 is 1.92 bits per heavy atom. The van der Waals surface area contributed by atoms with Crippen molar-refractivity contribution in [1.29, 1.82) is 10.5 Å². The van der Waals surface area contributed by atoms with Gasteiger partial charge in [0.15, 0.2) is 5.69 Å². The van der Waals surface area contributed by atoms with Gasteiger partial charge in [0, 0.05) is 11.3 Å². The van der Waals surface area contributed by atoms with Gasteiger partial charge in [0.25, 0.3) is 10.0 Å². The molecule has 0 fully saturated rings. The van der Waals surface area contributed by atoms with E-state index in [1.807, 2.05) is 19.1 Å². The first-order valence-corrected chi connectivity index (χ1v) is 8.91. The van der Waals surface area contributed by atoms with E-state index in [-0.39, 0.29) is 16.3 Å². The maximum Gasteiger partial charge on any atom is 0.295 e. The number of anilines is 1. The van der Waals surface area contributed by atoms with Crippen molar-refractivity contribution >= 4 is 15.7 Å². The molecule has 0 amide bonds. The second kappa shape index (κ2) is 6.71. The highest BCUT2D eigenvalue weighted by Crippen LogP contribution is 2.26. The molecule has 26 heavy (non-hydrogen) atoms. The molecule has 3 rings (SSSR count). The summed E-state index contributed by atoms with van der Waals surface area (Å²) in [5, 5.41) is 17.9. The summed E-state index contributed by atoms with van der Waals surface area (Å²) >= 11 is 0. The van der Waals surface area contributed by atoms with Gasteiger partial charge in [0.05, 0.1) is 17.5 Å². The minimum Gasteiger partial charge on any atom is -0.451 e. The lowest BCUT2D eigenvalue weighted by Crippen LogP contribution is -2.12. The molecule has 2 heterocycles. The zero-order valence-corrected chi connectivity index (χ0v) is 14.4. The molecule has 7 nitrogen and oxygen atoms in total. The number of furan rings is 1. The molecule has 0 unspecified atom stereocenters. The lowest BCUT2D eigenvalue weighted by atomic mass is 10.1. The largest absolute Gasteiger partial charge is 0.451 e. The molecule has 3 aromatic rings. The number of aromatic nitrogens is 1. The zero-order chi connectivity index (χ0) is 18.7. The molecule has 0 aliphatic heterocycles. The maximum atomic E-state index is 12.3. The first-order valence-electron chi connectivity index (χ1n) is 7.42. The van der Waals surface area contributed by atoms with Crippen LogP contribution in [0.3, 0.4) is 0 Å². The van der Waals surface area contributed by atoms with E-state index in [9.17, 15) is 8.42 Å². The second-order valence-electron chi connectivity index (χ2n) is 5.44. The Morgan fingerprint density at radius 1 is 1.12 bits per heavy atom. The monoisotopic (exact) mass is 364 g/mol. The predicted octanol–water partition coefficient (Wildman–Crippen LogP) is 3.19. The second-order valence-corrected chi connectivity index (χ2v) is 7.05. The van der Waals surface area contributed by atoms with Gasteiger partial charge in [-0.05, 0) is 55.0 Å². The average Bonchev–Trinajstić information content (AvgIpc) is 3.16. The lowest BCUT2D eigenvalue weighted by Gasteiger charge is -2.10. The average molecular weight is 364 g/mol. The number of nitrogens with zero attached hydrogens (tertiary/aromatic N) is 3. The van der Waals surface area contributed by atoms with Crippen LogP contribution in [0.1, 0.15) is 16.8 Å². The molecule has 0 atom stereocenters. The van der Waals surface area contributed by atoms with Crippen LogP contribution < -0.4 is 4.72 Å². The number of hydrogen-bond donors (Lipinski definition) is 1. The Labute approximate surface area is 150 Å². The molecule has 8 heteroatoms. The van der Waals surface area contributed by atoms with Crippen molar-refractivity contribution in [2.75, 3.05) is 4.72 Å². The molecule has 0 saturated carbocycles. The first-order chi connectivity index (χ1) is 12.4. The summed E-state index contributed by atoms with van der Waals surface area (Å²) in [5.74, 6) is 0. The van der Waals surface area contributed by atoms with E-state index in [1.54, 1.807) is 24.3 Å². The molecule has 128 valence electrons. The fourth-order valence-corrected chi connectivity index (χ4v) is 3.38. The Kier molecular flexibility index (Phi) is 4.44. The number of pyridine rings is 1. The number of hydrogen-bond acceptors (Lipinski definition) is 6. The third-order valence-electron chi connectivity index (χ3n) is 3.51. The third-order valence-corrected chi connectivity index (χ3v) is 4.77. The number of rotatable bonds is 4. The summed E-state index contributed by atoms with van der Waals surface area (Å²) in [4.78, 5) is 4.18. The van der Waals surface area contributed by atoms with Crippen molar-refractivity contribution in [1.82, 2.24) is 4.98 Å². The molecule has 0 aliphatic carbocycles. The zero-order valence-electron chi connectivity index (χ0n) is 13.6. The molecule has 1 aromatic carbocycles. The molecule has 0 spiro atoms. The fraction of sp³-hybridized carbons (Fsp3) is 0.0556. The normalized spacial score (nSPS) is 10.7. The lowest BCUT2D eigenvalue weighted by molar-refractivity contribution is 0.452. The highest BCUT2D eigenvalue weighted by atomic mass is 32.2. The van der Waals surface area contributed by atoms with Crippen molar-refractivity contribution in [3.63, 3.8) is 0 Å². The Bertz CT molecular complexity index is 1150. The number of nitriles is 2. The van der Waals surface area contributed by atoms with Crippen LogP contribution in [0.15, 0.2) is 58.2 Å². The van der Waals surface area contributed by atoms with Crippen molar-refractivity contribution in [2.24, 2.45) is 0 Å². The summed E-state index contributed by atoms with van der Waals surface area (Å²) < 4.78 is 32.0. The summed E-state index contributed by atoms with van der Waals surface area (Å²) in [6, 6.07) is 14.8. The minimum atomic E-state index is -3.84. The molecule has 1 N–H and O–H groups in total. The van der Waals surface area contributed by atoms with Crippen LogP contribution in [0.4, 0.5) is 5.69 Å². The van der Waals surface area contributed by atoms with Gasteiger partial charge in [-0.25, -0.2) is 4.98 Å². The van der Waals surface area contributed by atoms with Crippen LogP contribution >= 0.6 is 0 Å². The van der Waals surface area contributed by atoms with Crippen molar-refractivity contribution in [3.05, 3.63) is 65.5 Å². The van der Waals surface area contributed by atoms with Crippen LogP contribution in [0, 0.1) is 29.6 Å². The summed E-state index contributed by atoms with van der Waals surface area (Å²) in [6.07, 6.45) is 1.28. The van der Waals surface area contributed by atoms with Gasteiger partial charge >= 0.3 is 0 Å². The van der Waals surface area contributed by atoms with Crippen LogP contribution in [0.5, 0.6) is 0 Å². The van der Waals surface area contributed by atoms with Gasteiger partial charge in [-0.15, -0.1) is 0 Å². The van der Waals surface area contributed by atoms with E-state index in [1.165, 1.54) is 24.5 Å². The van der Waals surface area contributed by atoms with E-state index < -0.39 is 10.0 Å². The highest BCUT2D eigenvalue weighted by molar-refractivity contribution is 7.92. The molecular formula is C18H12N4O3S. The SMILES string of the molecule is Cc1cc(NS(=O)(=O)c2ccco2)cc(-c2ccc(C#N)c(C#N)n2)c1. The Balaban J connectivity index is 2.02. The summed E-state index contributed by atoms with van der Waals surface area (Å²) in [7, 11) is -3.84. The van der Waals surface area contributed by atoms with Gasteiger partial charge in [-0.3, -0.25) is 4.72 Å². The van der Waals surface area contributed by atoms with Gasteiger partial charge in [-0.2, -0.15) is 18.9 Å². The van der Waals surface area contributed by atoms with Gasteiger partial charge in [-0.1, -0.05) is 0 Å². The van der Waals surface area contributed by atoms with Crippen LogP contribution in [-0.2, 0) is 10.0 Å². The maximum absolute atomic E-state index is 12.3. The molecule has 0 radical (unpaired) electrons. The smallest absolute Gasteiger partial charge is 0.295 e. The number of benzene rings is 1. The molecular weight excluding hydrogens is 352 g/mol. The van der Waals surface area contributed by atoms with Crippen LogP contribution in [-0.4, -0.2) is 13.4 Å². The molecule has 0 saturated heterocycles. The molecule has 0 aliphatic rings. The minimum absolute atomic E-state index is 0.0178. The summed E-state index contributed by atoms with van der Waals surface area (Å²) in [6.45, 7) is 1.81. The van der Waals surface area contributed by atoms with Gasteiger partial charge < -0.3 is 4.42 Å². The number of sulfonamides is 1. The van der Waals surface area contributed by atoms with Crippen LogP contribution in [0.2, 0.25) is 0 Å². The first kappa shape index (κ1) is 17.2. The fourth-order valence-electron chi connectivity index (χ4n) is 2.41. The van der Waals surface area contributed by atoms with Gasteiger partial charge in [0.2, 0.25) is 5.09 Å².